The molecule has 0 nitrogen and oxygen atoms in total. The molecule has 2 fully saturated rings. The molecule has 0 spiro atoms. The molecule has 0 aliphatic heterocycles. The van der Waals surface area contributed by atoms with E-state index in [2.05, 4.69) is 0 Å². The molecule has 2 bridgehead atoms. The summed E-state index contributed by atoms with van der Waals surface area (Å²) in [6.07, 6.45) is 5.59. The van der Waals surface area contributed by atoms with Gasteiger partial charge in [-0.3, -0.25) is 0 Å². The normalized spacial score (nSPS) is 56.7. The van der Waals surface area contributed by atoms with E-state index in [4.69, 9.17) is 23.2 Å². The fourth-order valence-electron chi connectivity index (χ4n) is 2.07. The first-order valence-corrected chi connectivity index (χ1v) is 4.26. The highest BCUT2D eigenvalue weighted by molar-refractivity contribution is 6.29. The Kier molecular flexibility index (Phi) is 1.12. The molecule has 2 aliphatic rings. The third-order valence-electron chi connectivity index (χ3n) is 2.68. The fourth-order valence-corrected chi connectivity index (χ4v) is 3.03. The molecule has 0 saturated heterocycles. The lowest BCUT2D eigenvalue weighted by molar-refractivity contribution is 0.518. The van der Waals surface area contributed by atoms with E-state index in [0.29, 0.717) is 0 Å². The molecule has 0 heterocycles. The van der Waals surface area contributed by atoms with Gasteiger partial charge in [0, 0.05) is 9.75 Å². The van der Waals surface area contributed by atoms with Gasteiger partial charge in [-0.25, -0.2) is 0 Å². The third kappa shape index (κ3) is 0.877. The molecule has 2 aliphatic carbocycles. The largest absolute Gasteiger partial charge is 0.119 e. The maximum atomic E-state index is 6.20. The monoisotopic (exact) mass is 164 g/mol. The van der Waals surface area contributed by atoms with Crippen LogP contribution in [0.15, 0.2) is 0 Å². The van der Waals surface area contributed by atoms with Crippen LogP contribution >= 0.6 is 23.2 Å². The van der Waals surface area contributed by atoms with E-state index in [1.807, 2.05) is 0 Å². The highest BCUT2D eigenvalue weighted by Gasteiger charge is 2.52. The minimum absolute atomic E-state index is 0.113. The van der Waals surface area contributed by atoms with Crippen molar-refractivity contribution < 1.29 is 0 Å². The van der Waals surface area contributed by atoms with E-state index in [9.17, 15) is 0 Å². The number of alkyl halides is 2. The molecule has 52 valence electrons. The van der Waals surface area contributed by atoms with Crippen LogP contribution in [0.4, 0.5) is 0 Å². The Labute approximate surface area is 65.5 Å². The first kappa shape index (κ1) is 6.30. The van der Waals surface area contributed by atoms with Gasteiger partial charge in [-0.2, -0.15) is 0 Å². The van der Waals surface area contributed by atoms with Crippen molar-refractivity contribution >= 4 is 23.2 Å². The Balaban J connectivity index is 2.25. The van der Waals surface area contributed by atoms with Crippen molar-refractivity contribution in [2.75, 3.05) is 0 Å². The topological polar surface area (TPSA) is 0 Å². The van der Waals surface area contributed by atoms with Gasteiger partial charge in [0.25, 0.3) is 0 Å². The van der Waals surface area contributed by atoms with Crippen LogP contribution in [0.3, 0.4) is 0 Å². The van der Waals surface area contributed by atoms with Crippen LogP contribution in [-0.4, -0.2) is 9.75 Å². The quantitative estimate of drug-likeness (QED) is 0.484. The smallest absolute Gasteiger partial charge is 0.0464 e. The maximum absolute atomic E-state index is 6.20. The van der Waals surface area contributed by atoms with Crippen LogP contribution in [0.1, 0.15) is 32.1 Å². The summed E-state index contributed by atoms with van der Waals surface area (Å²) in [5, 5.41) is 0. The van der Waals surface area contributed by atoms with Crippen molar-refractivity contribution in [2.24, 2.45) is 0 Å². The van der Waals surface area contributed by atoms with Crippen LogP contribution in [0, 0.1) is 0 Å². The molecule has 2 rings (SSSR count). The van der Waals surface area contributed by atoms with Gasteiger partial charge in [0.1, 0.15) is 0 Å². The van der Waals surface area contributed by atoms with Crippen molar-refractivity contribution in [2.45, 2.75) is 41.9 Å². The molecule has 9 heavy (non-hydrogen) atoms. The van der Waals surface area contributed by atoms with Crippen molar-refractivity contribution in [3.05, 3.63) is 0 Å². The lowest BCUT2D eigenvalue weighted by Crippen LogP contribution is -2.13. The second-order valence-corrected chi connectivity index (χ2v) is 5.08. The lowest BCUT2D eigenvalue weighted by atomic mass is 10.00. The van der Waals surface area contributed by atoms with E-state index in [0.717, 1.165) is 32.1 Å². The second-order valence-electron chi connectivity index (χ2n) is 3.48. The Morgan fingerprint density at radius 3 is 1.22 bits per heavy atom. The Morgan fingerprint density at radius 1 is 0.778 bits per heavy atom. The summed E-state index contributed by atoms with van der Waals surface area (Å²) in [6.45, 7) is 0. The summed E-state index contributed by atoms with van der Waals surface area (Å²) < 4.78 is 0. The van der Waals surface area contributed by atoms with Gasteiger partial charge in [-0.05, 0) is 32.1 Å². The first-order chi connectivity index (χ1) is 4.12. The molecule has 0 aromatic carbocycles. The lowest BCUT2D eigenvalue weighted by Gasteiger charge is -2.18. The summed E-state index contributed by atoms with van der Waals surface area (Å²) in [5.41, 5.74) is 0. The summed E-state index contributed by atoms with van der Waals surface area (Å²) in [5.74, 6) is 0. The van der Waals surface area contributed by atoms with Gasteiger partial charge in [-0.1, -0.05) is 0 Å². The number of halogens is 2. The van der Waals surface area contributed by atoms with Crippen molar-refractivity contribution in [1.29, 1.82) is 0 Å². The molecule has 0 aromatic heterocycles. The van der Waals surface area contributed by atoms with Crippen molar-refractivity contribution in [3.63, 3.8) is 0 Å². The summed E-state index contributed by atoms with van der Waals surface area (Å²) in [6, 6.07) is 0. The maximum Gasteiger partial charge on any atom is 0.0464 e. The Hall–Kier alpha value is 0.580. The number of hydrogen-bond acceptors (Lipinski definition) is 0. The molecular formula is C7H10Cl2. The number of rotatable bonds is 0. The zero-order valence-electron chi connectivity index (χ0n) is 5.29. The standard InChI is InChI=1S/C7H10Cl2/c8-6-1-2-7(9,5-6)4-3-6/h1-5H2. The molecular weight excluding hydrogens is 155 g/mol. The first-order valence-electron chi connectivity index (χ1n) is 3.50. The third-order valence-corrected chi connectivity index (χ3v) is 3.70. The SMILES string of the molecule is ClC12CCC(Cl)(CC1)C2. The van der Waals surface area contributed by atoms with Crippen LogP contribution < -0.4 is 0 Å². The average Bonchev–Trinajstić information content (AvgIpc) is 2.19. The summed E-state index contributed by atoms with van der Waals surface area (Å²) in [7, 11) is 0. The minimum Gasteiger partial charge on any atom is -0.119 e. The summed E-state index contributed by atoms with van der Waals surface area (Å²) in [4.78, 5) is 0.226. The second kappa shape index (κ2) is 1.60. The number of hydrogen-bond donors (Lipinski definition) is 0. The van der Waals surface area contributed by atoms with Gasteiger partial charge in [0.05, 0.1) is 0 Å². The fraction of sp³-hybridized carbons (Fsp3) is 1.00. The van der Waals surface area contributed by atoms with Crippen molar-refractivity contribution in [1.82, 2.24) is 0 Å². The Morgan fingerprint density at radius 2 is 1.11 bits per heavy atom. The van der Waals surface area contributed by atoms with E-state index in [-0.39, 0.29) is 9.75 Å². The van der Waals surface area contributed by atoms with Crippen LogP contribution in [0.2, 0.25) is 0 Å². The van der Waals surface area contributed by atoms with Gasteiger partial charge in [0.2, 0.25) is 0 Å². The Bertz CT molecular complexity index is 118. The molecule has 0 atom stereocenters. The van der Waals surface area contributed by atoms with E-state index >= 15 is 0 Å². The van der Waals surface area contributed by atoms with Crippen molar-refractivity contribution in [3.8, 4) is 0 Å². The van der Waals surface area contributed by atoms with Gasteiger partial charge in [-0.15, -0.1) is 23.2 Å². The van der Waals surface area contributed by atoms with E-state index < -0.39 is 0 Å². The molecule has 0 radical (unpaired) electrons. The van der Waals surface area contributed by atoms with Gasteiger partial charge >= 0.3 is 0 Å². The van der Waals surface area contributed by atoms with Gasteiger partial charge in [0.15, 0.2) is 0 Å². The predicted octanol–water partition coefficient (Wildman–Crippen LogP) is 2.92. The highest BCUT2D eigenvalue weighted by atomic mass is 35.5. The van der Waals surface area contributed by atoms with Gasteiger partial charge < -0.3 is 0 Å². The average molecular weight is 165 g/mol. The van der Waals surface area contributed by atoms with Crippen LogP contribution in [0.5, 0.6) is 0 Å². The zero-order valence-corrected chi connectivity index (χ0v) is 6.80. The van der Waals surface area contributed by atoms with E-state index in [1.54, 1.807) is 0 Å². The molecule has 0 aromatic rings. The predicted molar refractivity (Wildman–Crippen MR) is 40.3 cm³/mol. The minimum atomic E-state index is 0.113. The number of fused-ring (bicyclic) bond motifs is 2. The van der Waals surface area contributed by atoms with Crippen LogP contribution in [0.25, 0.3) is 0 Å². The highest BCUT2D eigenvalue weighted by Crippen LogP contribution is 2.57. The summed E-state index contributed by atoms with van der Waals surface area (Å²) >= 11 is 12.4. The molecule has 0 unspecified atom stereocenters. The molecule has 0 amide bonds. The molecule has 0 N–H and O–H groups in total. The zero-order chi connectivity index (χ0) is 6.54. The van der Waals surface area contributed by atoms with Crippen LogP contribution in [-0.2, 0) is 0 Å². The molecule has 2 saturated carbocycles. The van der Waals surface area contributed by atoms with E-state index in [1.165, 1.54) is 0 Å². The molecule has 2 heteroatoms.